The van der Waals surface area contributed by atoms with E-state index in [2.05, 4.69) is 0 Å². The van der Waals surface area contributed by atoms with Gasteiger partial charge in [-0.1, -0.05) is 60.7 Å². The van der Waals surface area contributed by atoms with E-state index in [4.69, 9.17) is 9.47 Å². The number of aromatic carboxylic acids is 4. The number of rotatable bonds is 11. The van der Waals surface area contributed by atoms with E-state index in [1.54, 1.807) is 60.7 Å². The van der Waals surface area contributed by atoms with Gasteiger partial charge in [0.05, 0.1) is 25.6 Å². The van der Waals surface area contributed by atoms with Gasteiger partial charge in [-0.25, -0.2) is 19.2 Å². The minimum Gasteiger partial charge on any atom is -0.493 e. The molecule has 0 atom stereocenters. The first-order chi connectivity index (χ1) is 19.1. The number of aromatic nitrogens is 2. The monoisotopic (exact) mass is 548 g/mol. The Morgan fingerprint density at radius 3 is 1.15 bits per heavy atom. The maximum Gasteiger partial charge on any atom is 0.356 e. The number of carboxylic acid groups (broad SMARTS) is 4. The van der Waals surface area contributed by atoms with Gasteiger partial charge in [0.2, 0.25) is 0 Å². The third-order valence-corrected chi connectivity index (χ3v) is 6.27. The number of hydrogen-bond donors (Lipinski definition) is 4. The van der Waals surface area contributed by atoms with E-state index >= 15 is 0 Å². The highest BCUT2D eigenvalue weighted by Gasteiger charge is 2.40. The van der Waals surface area contributed by atoms with Gasteiger partial charge in [0, 0.05) is 13.1 Å². The van der Waals surface area contributed by atoms with Crippen molar-refractivity contribution in [2.45, 2.75) is 13.1 Å². The first kappa shape index (κ1) is 27.5. The van der Waals surface area contributed by atoms with Crippen molar-refractivity contribution < 1.29 is 49.1 Å². The Balaban J connectivity index is 2.25. The lowest BCUT2D eigenvalue weighted by Crippen LogP contribution is -2.16. The number of ether oxygens (including phenoxy) is 2. The molecule has 0 aliphatic rings. The zero-order valence-electron chi connectivity index (χ0n) is 21.3. The highest BCUT2D eigenvalue weighted by atomic mass is 16.5. The van der Waals surface area contributed by atoms with Gasteiger partial charge in [-0.2, -0.15) is 0 Å². The van der Waals surface area contributed by atoms with Gasteiger partial charge >= 0.3 is 23.9 Å². The first-order valence-corrected chi connectivity index (χ1v) is 11.7. The minimum atomic E-state index is -1.61. The van der Waals surface area contributed by atoms with Crippen molar-refractivity contribution in [3.63, 3.8) is 0 Å². The summed E-state index contributed by atoms with van der Waals surface area (Å²) in [5.74, 6) is -7.34. The van der Waals surface area contributed by atoms with Crippen LogP contribution in [0.15, 0.2) is 60.7 Å². The number of carboxylic acids is 4. The van der Waals surface area contributed by atoms with E-state index in [9.17, 15) is 39.6 Å². The minimum absolute atomic E-state index is 0.207. The summed E-state index contributed by atoms with van der Waals surface area (Å²) in [6.45, 7) is -0.413. The van der Waals surface area contributed by atoms with Gasteiger partial charge in [0.25, 0.3) is 0 Å². The van der Waals surface area contributed by atoms with Crippen LogP contribution in [0.25, 0.3) is 11.4 Å². The van der Waals surface area contributed by atoms with E-state index in [0.29, 0.717) is 11.1 Å². The summed E-state index contributed by atoms with van der Waals surface area (Å²) in [6, 6.07) is 16.9. The van der Waals surface area contributed by atoms with Crippen LogP contribution in [0.4, 0.5) is 0 Å². The molecule has 4 N–H and O–H groups in total. The zero-order valence-corrected chi connectivity index (χ0v) is 21.3. The molecule has 2 heterocycles. The van der Waals surface area contributed by atoms with E-state index in [1.807, 2.05) is 0 Å². The molecule has 0 radical (unpaired) electrons. The highest BCUT2D eigenvalue weighted by molar-refractivity contribution is 6.09. The second-order valence-corrected chi connectivity index (χ2v) is 8.58. The summed E-state index contributed by atoms with van der Waals surface area (Å²) in [4.78, 5) is 50.4. The lowest BCUT2D eigenvalue weighted by Gasteiger charge is -2.17. The second-order valence-electron chi connectivity index (χ2n) is 8.58. The molecular formula is C28H24N2O10. The van der Waals surface area contributed by atoms with E-state index in [-0.39, 0.29) is 24.5 Å². The molecule has 0 saturated carbocycles. The Morgan fingerprint density at radius 2 is 0.900 bits per heavy atom. The Labute approximate surface area is 226 Å². The molecule has 0 spiro atoms. The molecule has 0 unspecified atom stereocenters. The molecule has 206 valence electrons. The van der Waals surface area contributed by atoms with Crippen LogP contribution in [0.1, 0.15) is 52.8 Å². The van der Waals surface area contributed by atoms with Gasteiger partial charge in [-0.05, 0) is 11.1 Å². The highest BCUT2D eigenvalue weighted by Crippen LogP contribution is 2.44. The molecule has 2 aromatic carbocycles. The number of benzene rings is 2. The van der Waals surface area contributed by atoms with Crippen molar-refractivity contribution in [2.75, 3.05) is 14.2 Å². The average Bonchev–Trinajstić information content (AvgIpc) is 3.42. The van der Waals surface area contributed by atoms with Crippen molar-refractivity contribution >= 4 is 23.9 Å². The van der Waals surface area contributed by atoms with Crippen molar-refractivity contribution in [2.24, 2.45) is 0 Å². The normalized spacial score (nSPS) is 10.8. The Kier molecular flexibility index (Phi) is 7.62. The summed E-state index contributed by atoms with van der Waals surface area (Å²) in [5, 5.41) is 40.9. The largest absolute Gasteiger partial charge is 0.493 e. The Bertz CT molecular complexity index is 1500. The molecule has 4 aromatic rings. The molecule has 0 bridgehead atoms. The molecule has 40 heavy (non-hydrogen) atoms. The van der Waals surface area contributed by atoms with Gasteiger partial charge in [0.1, 0.15) is 11.1 Å². The Hall–Kier alpha value is -5.52. The molecular weight excluding hydrogens is 524 g/mol. The van der Waals surface area contributed by atoms with Crippen LogP contribution in [-0.4, -0.2) is 67.7 Å². The van der Waals surface area contributed by atoms with Crippen molar-refractivity contribution in [1.82, 2.24) is 9.13 Å². The quantitative estimate of drug-likeness (QED) is 0.215. The maximum atomic E-state index is 12.7. The molecule has 2 aromatic heterocycles. The average molecular weight is 549 g/mol. The lowest BCUT2D eigenvalue weighted by atomic mass is 10.1. The number of hydrogen-bond acceptors (Lipinski definition) is 6. The van der Waals surface area contributed by atoms with Gasteiger partial charge in [0.15, 0.2) is 22.9 Å². The van der Waals surface area contributed by atoms with Gasteiger partial charge in [-0.15, -0.1) is 0 Å². The summed E-state index contributed by atoms with van der Waals surface area (Å²) in [6.07, 6.45) is 0. The topological polar surface area (TPSA) is 178 Å². The molecule has 4 rings (SSSR count). The molecule has 0 aliphatic carbocycles. The van der Waals surface area contributed by atoms with Crippen molar-refractivity contribution in [3.8, 4) is 22.9 Å². The summed E-state index contributed by atoms with van der Waals surface area (Å²) in [5.41, 5.74) is -2.03. The third-order valence-electron chi connectivity index (χ3n) is 6.27. The van der Waals surface area contributed by atoms with Gasteiger partial charge in [-0.3, -0.25) is 0 Å². The number of carbonyl (C=O) groups is 4. The van der Waals surface area contributed by atoms with E-state index < -0.39 is 57.9 Å². The molecule has 12 heteroatoms. The van der Waals surface area contributed by atoms with Crippen LogP contribution in [-0.2, 0) is 13.1 Å². The first-order valence-electron chi connectivity index (χ1n) is 11.7. The molecule has 0 amide bonds. The summed E-state index contributed by atoms with van der Waals surface area (Å²) >= 11 is 0. The smallest absolute Gasteiger partial charge is 0.356 e. The fraction of sp³-hybridized carbons (Fsp3) is 0.143. The predicted octanol–water partition coefficient (Wildman–Crippen LogP) is 3.86. The van der Waals surface area contributed by atoms with E-state index in [0.717, 1.165) is 23.4 Å². The third kappa shape index (κ3) is 4.73. The SMILES string of the molecule is COc1c(C(=O)O)c(-c2c(C(=O)O)c(OC)c(C(=O)O)n2Cc2ccccc2)n(Cc2ccccc2)c1C(=O)O. The standard InChI is InChI=1S/C28H24N2O10/c1-39-23-17(25(31)32)19(29(21(23)27(35)36)13-15-9-5-3-6-10-15)20-18(26(33)34)24(40-2)22(28(37)38)30(20)14-16-11-7-4-8-12-16/h3-12H,13-14H2,1-2H3,(H,31,32)(H,33,34)(H,35,36)(H,37,38). The fourth-order valence-electron chi connectivity index (χ4n) is 4.75. The van der Waals surface area contributed by atoms with Crippen LogP contribution in [0.3, 0.4) is 0 Å². The number of nitrogens with zero attached hydrogens (tertiary/aromatic N) is 2. The van der Waals surface area contributed by atoms with Crippen molar-refractivity contribution in [3.05, 3.63) is 94.3 Å². The van der Waals surface area contributed by atoms with Crippen LogP contribution < -0.4 is 9.47 Å². The molecule has 12 nitrogen and oxygen atoms in total. The van der Waals surface area contributed by atoms with Crippen LogP contribution in [0, 0.1) is 0 Å². The van der Waals surface area contributed by atoms with E-state index in [1.165, 1.54) is 0 Å². The van der Waals surface area contributed by atoms with Crippen LogP contribution in [0.5, 0.6) is 11.5 Å². The fourth-order valence-corrected chi connectivity index (χ4v) is 4.75. The maximum absolute atomic E-state index is 12.7. The predicted molar refractivity (Wildman–Crippen MR) is 140 cm³/mol. The lowest BCUT2D eigenvalue weighted by molar-refractivity contribution is 0.0666. The Morgan fingerprint density at radius 1 is 0.575 bits per heavy atom. The molecule has 0 aliphatic heterocycles. The second kappa shape index (κ2) is 11.1. The summed E-state index contributed by atoms with van der Waals surface area (Å²) < 4.78 is 12.7. The van der Waals surface area contributed by atoms with Crippen LogP contribution >= 0.6 is 0 Å². The van der Waals surface area contributed by atoms with Crippen molar-refractivity contribution in [1.29, 1.82) is 0 Å². The molecule has 0 saturated heterocycles. The summed E-state index contributed by atoms with van der Waals surface area (Å²) in [7, 11) is 2.18. The molecule has 0 fully saturated rings. The van der Waals surface area contributed by atoms with Crippen LogP contribution in [0.2, 0.25) is 0 Å². The number of methoxy groups -OCH3 is 2. The van der Waals surface area contributed by atoms with Gasteiger partial charge < -0.3 is 39.0 Å². The zero-order chi connectivity index (χ0) is 29.1.